The number of hydrogen-bond donors (Lipinski definition) is 1. The van der Waals surface area contributed by atoms with Gasteiger partial charge in [0.15, 0.2) is 0 Å². The highest BCUT2D eigenvalue weighted by Crippen LogP contribution is 2.35. The zero-order chi connectivity index (χ0) is 11.8. The van der Waals surface area contributed by atoms with Crippen molar-refractivity contribution in [3.05, 3.63) is 20.3 Å². The van der Waals surface area contributed by atoms with Crippen molar-refractivity contribution in [2.24, 2.45) is 5.92 Å². The summed E-state index contributed by atoms with van der Waals surface area (Å²) in [5.41, 5.74) is 0.344. The minimum Gasteiger partial charge on any atom is -0.311 e. The number of thiophene rings is 1. The lowest BCUT2D eigenvalue weighted by atomic mass is 9.81. The summed E-state index contributed by atoms with van der Waals surface area (Å²) in [6.45, 7) is 8.05. The molecular formula is C13H20BrNS. The zero-order valence-corrected chi connectivity index (χ0v) is 12.7. The number of nitrogens with one attached hydrogen (secondary N) is 1. The van der Waals surface area contributed by atoms with Crippen LogP contribution in [0.15, 0.2) is 10.5 Å². The quantitative estimate of drug-likeness (QED) is 0.885. The summed E-state index contributed by atoms with van der Waals surface area (Å²) in [6, 6.07) is 2.30. The van der Waals surface area contributed by atoms with Crippen molar-refractivity contribution in [1.29, 1.82) is 0 Å². The van der Waals surface area contributed by atoms with Gasteiger partial charge in [-0.05, 0) is 54.2 Å². The highest BCUT2D eigenvalue weighted by molar-refractivity contribution is 9.10. The first-order valence-electron chi connectivity index (χ1n) is 6.03. The van der Waals surface area contributed by atoms with Crippen LogP contribution in [0.5, 0.6) is 0 Å². The average molecular weight is 302 g/mol. The lowest BCUT2D eigenvalue weighted by Gasteiger charge is -2.33. The Morgan fingerprint density at radius 2 is 2.31 bits per heavy atom. The van der Waals surface area contributed by atoms with Gasteiger partial charge in [-0.25, -0.2) is 0 Å². The Kier molecular flexibility index (Phi) is 3.77. The maximum atomic E-state index is 3.74. The Morgan fingerprint density at radius 3 is 2.75 bits per heavy atom. The van der Waals surface area contributed by atoms with Gasteiger partial charge in [0.05, 0.1) is 0 Å². The Labute approximate surface area is 111 Å². The first-order chi connectivity index (χ1) is 7.53. The molecule has 0 bridgehead atoms. The second-order valence-electron chi connectivity index (χ2n) is 5.13. The van der Waals surface area contributed by atoms with Gasteiger partial charge in [-0.2, -0.15) is 0 Å². The molecule has 1 nitrogen and oxygen atoms in total. The predicted molar refractivity (Wildman–Crippen MR) is 75.3 cm³/mol. The maximum Gasteiger partial charge on any atom is 0.0314 e. The molecule has 1 saturated heterocycles. The summed E-state index contributed by atoms with van der Waals surface area (Å²) in [6.07, 6.45) is 3.82. The average Bonchev–Trinajstić information content (AvgIpc) is 2.77. The number of halogens is 1. The fraction of sp³-hybridized carbons (Fsp3) is 0.692. The Morgan fingerprint density at radius 1 is 1.56 bits per heavy atom. The molecule has 0 aliphatic carbocycles. The van der Waals surface area contributed by atoms with Crippen LogP contribution in [0, 0.1) is 12.8 Å². The van der Waals surface area contributed by atoms with E-state index in [0.29, 0.717) is 11.5 Å². The lowest BCUT2D eigenvalue weighted by molar-refractivity contribution is 0.271. The topological polar surface area (TPSA) is 12.0 Å². The molecule has 1 aromatic rings. The van der Waals surface area contributed by atoms with Gasteiger partial charge in [-0.1, -0.05) is 13.8 Å². The molecule has 1 N–H and O–H groups in total. The summed E-state index contributed by atoms with van der Waals surface area (Å²) in [4.78, 5) is 2.90. The third kappa shape index (κ3) is 2.36. The van der Waals surface area contributed by atoms with Gasteiger partial charge >= 0.3 is 0 Å². The molecule has 1 aliphatic heterocycles. The number of rotatable bonds is 3. The van der Waals surface area contributed by atoms with E-state index in [0.717, 1.165) is 0 Å². The summed E-state index contributed by atoms with van der Waals surface area (Å²) < 4.78 is 1.27. The van der Waals surface area contributed by atoms with E-state index in [4.69, 9.17) is 0 Å². The van der Waals surface area contributed by atoms with Gasteiger partial charge in [0, 0.05) is 26.2 Å². The van der Waals surface area contributed by atoms with E-state index < -0.39 is 0 Å². The van der Waals surface area contributed by atoms with Crippen molar-refractivity contribution >= 4 is 27.3 Å². The van der Waals surface area contributed by atoms with Gasteiger partial charge in [-0.3, -0.25) is 0 Å². The predicted octanol–water partition coefficient (Wildman–Crippen LogP) is 4.14. The van der Waals surface area contributed by atoms with Crippen LogP contribution in [-0.2, 0) is 6.42 Å². The Bertz CT molecular complexity index is 345. The van der Waals surface area contributed by atoms with Gasteiger partial charge in [0.1, 0.15) is 0 Å². The van der Waals surface area contributed by atoms with Crippen LogP contribution in [0.3, 0.4) is 0 Å². The van der Waals surface area contributed by atoms with Crippen molar-refractivity contribution in [2.45, 2.75) is 45.6 Å². The smallest absolute Gasteiger partial charge is 0.0314 e. The highest BCUT2D eigenvalue weighted by Gasteiger charge is 2.36. The van der Waals surface area contributed by atoms with E-state index in [2.05, 4.69) is 48.1 Å². The molecule has 0 saturated carbocycles. The summed E-state index contributed by atoms with van der Waals surface area (Å²) >= 11 is 5.54. The van der Waals surface area contributed by atoms with E-state index in [1.165, 1.54) is 40.0 Å². The van der Waals surface area contributed by atoms with Crippen LogP contribution in [0.1, 0.15) is 36.4 Å². The van der Waals surface area contributed by atoms with E-state index in [9.17, 15) is 0 Å². The molecule has 1 aliphatic rings. The fourth-order valence-corrected chi connectivity index (χ4v) is 4.32. The third-order valence-corrected chi connectivity index (χ3v) is 5.92. The Hall–Kier alpha value is 0.140. The molecule has 0 amide bonds. The minimum absolute atomic E-state index is 0.344. The summed E-state index contributed by atoms with van der Waals surface area (Å²) in [7, 11) is 0. The van der Waals surface area contributed by atoms with Crippen LogP contribution < -0.4 is 5.32 Å². The minimum atomic E-state index is 0.344. The third-order valence-electron chi connectivity index (χ3n) is 3.78. The first-order valence-corrected chi connectivity index (χ1v) is 7.64. The van der Waals surface area contributed by atoms with Gasteiger partial charge < -0.3 is 5.32 Å². The van der Waals surface area contributed by atoms with Crippen molar-refractivity contribution in [2.75, 3.05) is 6.54 Å². The molecular weight excluding hydrogens is 282 g/mol. The normalized spacial score (nSPS) is 25.6. The fourth-order valence-electron chi connectivity index (χ4n) is 2.59. The second-order valence-corrected chi connectivity index (χ2v) is 7.33. The van der Waals surface area contributed by atoms with Crippen LogP contribution in [0.25, 0.3) is 0 Å². The summed E-state index contributed by atoms with van der Waals surface area (Å²) in [5, 5.41) is 3.74. The molecule has 16 heavy (non-hydrogen) atoms. The molecule has 2 rings (SSSR count). The molecule has 1 atom stereocenters. The SMILES string of the molecule is Cc1sc(CC2(C(C)C)CCCN2)cc1Br. The number of aryl methyl sites for hydroxylation is 1. The molecule has 3 heteroatoms. The van der Waals surface area contributed by atoms with Crippen molar-refractivity contribution < 1.29 is 0 Å². The van der Waals surface area contributed by atoms with Crippen LogP contribution >= 0.6 is 27.3 Å². The van der Waals surface area contributed by atoms with Gasteiger partial charge in [0.2, 0.25) is 0 Å². The van der Waals surface area contributed by atoms with Gasteiger partial charge in [0.25, 0.3) is 0 Å². The van der Waals surface area contributed by atoms with E-state index >= 15 is 0 Å². The molecule has 1 unspecified atom stereocenters. The standard InChI is InChI=1S/C13H20BrNS/c1-9(2)13(5-4-6-15-13)8-11-7-12(14)10(3)16-11/h7,9,15H,4-6,8H2,1-3H3. The molecule has 0 aromatic carbocycles. The Balaban J connectivity index is 2.17. The highest BCUT2D eigenvalue weighted by atomic mass is 79.9. The molecule has 2 heterocycles. The molecule has 1 aromatic heterocycles. The second kappa shape index (κ2) is 4.79. The molecule has 90 valence electrons. The van der Waals surface area contributed by atoms with Gasteiger partial charge in [-0.15, -0.1) is 11.3 Å². The van der Waals surface area contributed by atoms with Crippen molar-refractivity contribution in [3.63, 3.8) is 0 Å². The molecule has 0 radical (unpaired) electrons. The largest absolute Gasteiger partial charge is 0.311 e. The number of hydrogen-bond acceptors (Lipinski definition) is 2. The zero-order valence-electron chi connectivity index (χ0n) is 10.3. The maximum absolute atomic E-state index is 3.74. The van der Waals surface area contributed by atoms with E-state index in [1.807, 2.05) is 11.3 Å². The van der Waals surface area contributed by atoms with Crippen molar-refractivity contribution in [1.82, 2.24) is 5.32 Å². The van der Waals surface area contributed by atoms with Crippen LogP contribution in [0.4, 0.5) is 0 Å². The molecule has 0 spiro atoms. The van der Waals surface area contributed by atoms with Crippen LogP contribution in [-0.4, -0.2) is 12.1 Å². The lowest BCUT2D eigenvalue weighted by Crippen LogP contribution is -2.46. The van der Waals surface area contributed by atoms with E-state index in [1.54, 1.807) is 0 Å². The van der Waals surface area contributed by atoms with Crippen molar-refractivity contribution in [3.8, 4) is 0 Å². The first kappa shape index (κ1) is 12.6. The van der Waals surface area contributed by atoms with Crippen LogP contribution in [0.2, 0.25) is 0 Å². The van der Waals surface area contributed by atoms with E-state index in [-0.39, 0.29) is 0 Å². The summed E-state index contributed by atoms with van der Waals surface area (Å²) in [5.74, 6) is 0.705. The monoisotopic (exact) mass is 301 g/mol. The molecule has 1 fully saturated rings.